The van der Waals surface area contributed by atoms with E-state index in [2.05, 4.69) is 0 Å². The van der Waals surface area contributed by atoms with Gasteiger partial charge in [0, 0.05) is 18.7 Å². The number of non-ortho nitro benzene ring substituents is 1. The molecule has 0 amide bonds. The number of nitrogens with two attached hydrogens (primary N) is 1. The van der Waals surface area contributed by atoms with Gasteiger partial charge in [-0.3, -0.25) is 10.1 Å². The SMILES string of the molecule is NCc1cc(F)cc(Oc2cccc([N+](=O)[O-])c2)c1. The van der Waals surface area contributed by atoms with Gasteiger partial charge in [-0.05, 0) is 23.8 Å². The lowest BCUT2D eigenvalue weighted by atomic mass is 10.2. The fraction of sp³-hybridized carbons (Fsp3) is 0.0769. The predicted octanol–water partition coefficient (Wildman–Crippen LogP) is 2.98. The van der Waals surface area contributed by atoms with Crippen LogP contribution in [0.2, 0.25) is 0 Å². The van der Waals surface area contributed by atoms with Crippen LogP contribution in [0.1, 0.15) is 5.56 Å². The second-order valence-corrected chi connectivity index (χ2v) is 3.86. The van der Waals surface area contributed by atoms with Gasteiger partial charge < -0.3 is 10.5 Å². The Balaban J connectivity index is 2.28. The van der Waals surface area contributed by atoms with Gasteiger partial charge in [0.25, 0.3) is 5.69 Å². The van der Waals surface area contributed by atoms with Crippen LogP contribution in [0, 0.1) is 15.9 Å². The minimum atomic E-state index is -0.524. The smallest absolute Gasteiger partial charge is 0.273 e. The first-order valence-electron chi connectivity index (χ1n) is 5.50. The van der Waals surface area contributed by atoms with Crippen molar-refractivity contribution >= 4 is 5.69 Å². The summed E-state index contributed by atoms with van der Waals surface area (Å²) >= 11 is 0. The van der Waals surface area contributed by atoms with Crippen LogP contribution >= 0.6 is 0 Å². The Morgan fingerprint density at radius 1 is 1.21 bits per heavy atom. The van der Waals surface area contributed by atoms with E-state index >= 15 is 0 Å². The Hall–Kier alpha value is -2.47. The van der Waals surface area contributed by atoms with E-state index in [0.717, 1.165) is 0 Å². The number of nitro groups is 1. The quantitative estimate of drug-likeness (QED) is 0.678. The first-order chi connectivity index (χ1) is 9.08. The highest BCUT2D eigenvalue weighted by molar-refractivity contribution is 5.41. The van der Waals surface area contributed by atoms with Crippen molar-refractivity contribution in [2.75, 3.05) is 0 Å². The number of halogens is 1. The molecule has 0 aliphatic heterocycles. The molecule has 0 saturated carbocycles. The number of ether oxygens (including phenoxy) is 1. The Bertz CT molecular complexity index is 617. The maximum absolute atomic E-state index is 13.3. The molecule has 0 spiro atoms. The van der Waals surface area contributed by atoms with Crippen LogP contribution in [0.4, 0.5) is 10.1 Å². The summed E-state index contributed by atoms with van der Waals surface area (Å²) in [4.78, 5) is 10.1. The standard InChI is InChI=1S/C13H11FN2O3/c14-10-4-9(8-15)5-13(6-10)19-12-3-1-2-11(7-12)16(17)18/h1-7H,8,15H2. The second kappa shape index (κ2) is 5.45. The molecule has 0 fully saturated rings. The zero-order valence-electron chi connectivity index (χ0n) is 9.88. The van der Waals surface area contributed by atoms with Gasteiger partial charge in [0.05, 0.1) is 11.0 Å². The molecule has 0 aliphatic rings. The third-order valence-corrected chi connectivity index (χ3v) is 2.43. The van der Waals surface area contributed by atoms with Crippen molar-refractivity contribution in [3.63, 3.8) is 0 Å². The van der Waals surface area contributed by atoms with Gasteiger partial charge in [-0.25, -0.2) is 4.39 Å². The largest absolute Gasteiger partial charge is 0.457 e. The van der Waals surface area contributed by atoms with Gasteiger partial charge in [-0.2, -0.15) is 0 Å². The minimum Gasteiger partial charge on any atom is -0.457 e. The first-order valence-corrected chi connectivity index (χ1v) is 5.50. The number of benzene rings is 2. The van der Waals surface area contributed by atoms with E-state index in [-0.39, 0.29) is 23.7 Å². The fourth-order valence-electron chi connectivity index (χ4n) is 1.59. The van der Waals surface area contributed by atoms with E-state index in [4.69, 9.17) is 10.5 Å². The molecule has 6 heteroatoms. The topological polar surface area (TPSA) is 78.4 Å². The molecule has 19 heavy (non-hydrogen) atoms. The van der Waals surface area contributed by atoms with Gasteiger partial charge >= 0.3 is 0 Å². The summed E-state index contributed by atoms with van der Waals surface area (Å²) in [5.74, 6) is 0.0482. The van der Waals surface area contributed by atoms with Crippen molar-refractivity contribution in [2.45, 2.75) is 6.54 Å². The number of nitrogens with zero attached hydrogens (tertiary/aromatic N) is 1. The number of hydrogen-bond donors (Lipinski definition) is 1. The van der Waals surface area contributed by atoms with E-state index < -0.39 is 10.7 Å². The lowest BCUT2D eigenvalue weighted by molar-refractivity contribution is -0.384. The van der Waals surface area contributed by atoms with Crippen molar-refractivity contribution in [3.05, 3.63) is 64.0 Å². The summed E-state index contributed by atoms with van der Waals surface area (Å²) in [6.45, 7) is 0.184. The summed E-state index contributed by atoms with van der Waals surface area (Å²) in [7, 11) is 0. The van der Waals surface area contributed by atoms with Crippen molar-refractivity contribution in [2.24, 2.45) is 5.73 Å². The van der Waals surface area contributed by atoms with Gasteiger partial charge in [0.1, 0.15) is 17.3 Å². The van der Waals surface area contributed by atoms with Crippen LogP contribution in [0.15, 0.2) is 42.5 Å². The van der Waals surface area contributed by atoms with Crippen LogP contribution in [0.5, 0.6) is 11.5 Å². The summed E-state index contributed by atoms with van der Waals surface area (Å²) in [6.07, 6.45) is 0. The number of nitro benzene ring substituents is 1. The minimum absolute atomic E-state index is 0.0899. The number of hydrogen-bond acceptors (Lipinski definition) is 4. The van der Waals surface area contributed by atoms with Crippen molar-refractivity contribution in [1.82, 2.24) is 0 Å². The van der Waals surface area contributed by atoms with Crippen molar-refractivity contribution in [3.8, 4) is 11.5 Å². The lowest BCUT2D eigenvalue weighted by Crippen LogP contribution is -1.97. The molecule has 2 aromatic rings. The Labute approximate surface area is 108 Å². The Morgan fingerprint density at radius 2 is 2.00 bits per heavy atom. The summed E-state index contributed by atoms with van der Waals surface area (Å²) in [5, 5.41) is 10.6. The molecule has 0 aromatic heterocycles. The lowest BCUT2D eigenvalue weighted by Gasteiger charge is -2.07. The molecule has 0 atom stereocenters. The fourth-order valence-corrected chi connectivity index (χ4v) is 1.59. The molecule has 5 nitrogen and oxygen atoms in total. The van der Waals surface area contributed by atoms with Crippen molar-refractivity contribution < 1.29 is 14.1 Å². The van der Waals surface area contributed by atoms with E-state index in [0.29, 0.717) is 5.56 Å². The van der Waals surface area contributed by atoms with Gasteiger partial charge in [-0.1, -0.05) is 6.07 Å². The zero-order chi connectivity index (χ0) is 13.8. The van der Waals surface area contributed by atoms with Crippen LogP contribution in [-0.2, 0) is 6.54 Å². The molecule has 98 valence electrons. The summed E-state index contributed by atoms with van der Waals surface area (Å²) in [5.41, 5.74) is 5.93. The first kappa shape index (κ1) is 13.0. The number of rotatable bonds is 4. The molecule has 0 heterocycles. The average Bonchev–Trinajstić information content (AvgIpc) is 2.38. The maximum atomic E-state index is 13.3. The Morgan fingerprint density at radius 3 is 2.68 bits per heavy atom. The van der Waals surface area contributed by atoms with Crippen LogP contribution in [0.3, 0.4) is 0 Å². The summed E-state index contributed by atoms with van der Waals surface area (Å²) < 4.78 is 18.7. The summed E-state index contributed by atoms with van der Waals surface area (Å²) in [6, 6.07) is 9.76. The van der Waals surface area contributed by atoms with E-state index in [1.807, 2.05) is 0 Å². The molecule has 0 unspecified atom stereocenters. The molecule has 2 rings (SSSR count). The van der Waals surface area contributed by atoms with Crippen LogP contribution < -0.4 is 10.5 Å². The van der Waals surface area contributed by atoms with Gasteiger partial charge in [0.2, 0.25) is 0 Å². The molecule has 0 aliphatic carbocycles. The Kier molecular flexibility index (Phi) is 3.72. The highest BCUT2D eigenvalue weighted by Gasteiger charge is 2.08. The maximum Gasteiger partial charge on any atom is 0.273 e. The normalized spacial score (nSPS) is 10.2. The molecule has 0 bridgehead atoms. The zero-order valence-corrected chi connectivity index (χ0v) is 9.88. The molecular formula is C13H11FN2O3. The van der Waals surface area contributed by atoms with Crippen LogP contribution in [-0.4, -0.2) is 4.92 Å². The molecular weight excluding hydrogens is 251 g/mol. The van der Waals surface area contributed by atoms with E-state index in [1.54, 1.807) is 12.1 Å². The molecule has 2 N–H and O–H groups in total. The third kappa shape index (κ3) is 3.26. The van der Waals surface area contributed by atoms with Gasteiger partial charge in [0.15, 0.2) is 0 Å². The third-order valence-electron chi connectivity index (χ3n) is 2.43. The van der Waals surface area contributed by atoms with Crippen molar-refractivity contribution in [1.29, 1.82) is 0 Å². The monoisotopic (exact) mass is 262 g/mol. The molecule has 2 aromatic carbocycles. The highest BCUT2D eigenvalue weighted by Crippen LogP contribution is 2.26. The van der Waals surface area contributed by atoms with Crippen LogP contribution in [0.25, 0.3) is 0 Å². The highest BCUT2D eigenvalue weighted by atomic mass is 19.1. The predicted molar refractivity (Wildman–Crippen MR) is 67.5 cm³/mol. The molecule has 0 radical (unpaired) electrons. The average molecular weight is 262 g/mol. The molecule has 0 saturated heterocycles. The van der Waals surface area contributed by atoms with Gasteiger partial charge in [-0.15, -0.1) is 0 Å². The van der Waals surface area contributed by atoms with E-state index in [1.165, 1.54) is 30.3 Å². The second-order valence-electron chi connectivity index (χ2n) is 3.86. The van der Waals surface area contributed by atoms with E-state index in [9.17, 15) is 14.5 Å².